The first kappa shape index (κ1) is 32.3. The lowest BCUT2D eigenvalue weighted by molar-refractivity contribution is 0.487. The van der Waals surface area contributed by atoms with E-state index in [1.807, 2.05) is 0 Å². The highest BCUT2D eigenvalue weighted by Gasteiger charge is 2.37. The first-order valence-corrected chi connectivity index (χ1v) is 20.3. The van der Waals surface area contributed by atoms with Crippen LogP contribution in [0.5, 0.6) is 11.5 Å². The second kappa shape index (κ2) is 12.4. The minimum absolute atomic E-state index is 0.173. The maximum atomic E-state index is 6.73. The Kier molecular flexibility index (Phi) is 6.78. The molecule has 3 aromatic heterocycles. The number of aromatic nitrogens is 3. The van der Waals surface area contributed by atoms with Gasteiger partial charge in [-0.1, -0.05) is 146 Å². The predicted molar refractivity (Wildman–Crippen MR) is 247 cm³/mol. The van der Waals surface area contributed by atoms with E-state index in [1.54, 1.807) is 0 Å². The molecule has 0 saturated carbocycles. The van der Waals surface area contributed by atoms with Crippen molar-refractivity contribution in [2.24, 2.45) is 0 Å². The van der Waals surface area contributed by atoms with Crippen LogP contribution in [0.3, 0.4) is 0 Å². The van der Waals surface area contributed by atoms with Gasteiger partial charge in [0, 0.05) is 43.7 Å². The van der Waals surface area contributed by atoms with Gasteiger partial charge in [-0.25, -0.2) is 0 Å². The number of hydrogen-bond donors (Lipinski definition) is 0. The molecule has 0 N–H and O–H groups in total. The van der Waals surface area contributed by atoms with Crippen molar-refractivity contribution in [1.29, 1.82) is 0 Å². The minimum atomic E-state index is -0.173. The smallest absolute Gasteiger partial charge is 0.256 e. The molecule has 0 saturated heterocycles. The predicted octanol–water partition coefficient (Wildman–Crippen LogP) is 11.6. The van der Waals surface area contributed by atoms with Crippen LogP contribution in [0.2, 0.25) is 0 Å². The largest absolute Gasteiger partial charge is 0.458 e. The van der Waals surface area contributed by atoms with E-state index in [1.165, 1.54) is 48.8 Å². The molecule has 4 nitrogen and oxygen atoms in total. The van der Waals surface area contributed by atoms with Crippen LogP contribution in [0.25, 0.3) is 82.5 Å². The lowest BCUT2D eigenvalue weighted by Crippen LogP contribution is -2.57. The van der Waals surface area contributed by atoms with Gasteiger partial charge in [-0.05, 0) is 77.1 Å². The minimum Gasteiger partial charge on any atom is -0.458 e. The van der Waals surface area contributed by atoms with Crippen molar-refractivity contribution in [2.75, 3.05) is 0 Å². The zero-order valence-electron chi connectivity index (χ0n) is 32.0. The van der Waals surface area contributed by atoms with Crippen molar-refractivity contribution in [3.8, 4) is 28.6 Å². The van der Waals surface area contributed by atoms with E-state index in [4.69, 9.17) is 4.74 Å². The number of benzene rings is 9. The molecule has 5 heteroatoms. The molecular formula is C54H34BN3O. The second-order valence-corrected chi connectivity index (χ2v) is 15.6. The van der Waals surface area contributed by atoms with E-state index in [-0.39, 0.29) is 6.71 Å². The van der Waals surface area contributed by atoms with Crippen LogP contribution in [0, 0.1) is 0 Å². The number of fused-ring (bicyclic) bond motifs is 11. The Hall–Kier alpha value is -7.76. The SMILES string of the molecule is c1ccc2c(c1)Oc1ccccc1B2c1c(-n2c3ccccc3c3ccccc32)cc(-n2c3ccccc3c3ccccc32)cc1-n1c2ccccc2c2ccccc21. The standard InChI is InChI=1S/C54H34BN3O/c1-9-25-44-36(17-1)37-18-2-10-26-45(37)56(44)35-33-50(57-46-27-11-3-19-38(46)39-20-4-12-28-47(39)57)54(55-42-23-7-15-31-52(42)59-53-32-16-8-24-43(53)55)51(34-35)58-48-29-13-5-21-40(48)41-22-6-14-30-49(41)58/h1-34H. The molecule has 12 aromatic rings. The Labute approximate surface area is 340 Å². The van der Waals surface area contributed by atoms with Gasteiger partial charge in [0.2, 0.25) is 0 Å². The maximum Gasteiger partial charge on any atom is 0.256 e. The first-order chi connectivity index (χ1) is 29.3. The molecular weight excluding hydrogens is 717 g/mol. The Morgan fingerprint density at radius 1 is 0.305 bits per heavy atom. The summed E-state index contributed by atoms with van der Waals surface area (Å²) in [5.74, 6) is 1.76. The molecule has 4 heterocycles. The molecule has 0 amide bonds. The molecule has 0 unspecified atom stereocenters. The van der Waals surface area contributed by atoms with Crippen molar-refractivity contribution < 1.29 is 4.74 Å². The van der Waals surface area contributed by atoms with Crippen LogP contribution in [-0.2, 0) is 0 Å². The molecule has 13 rings (SSSR count). The van der Waals surface area contributed by atoms with Gasteiger partial charge in [0.1, 0.15) is 11.5 Å². The highest BCUT2D eigenvalue weighted by molar-refractivity contribution is 6.98. The lowest BCUT2D eigenvalue weighted by atomic mass is 9.35. The summed E-state index contributed by atoms with van der Waals surface area (Å²) in [6, 6.07) is 75.2. The Morgan fingerprint density at radius 3 is 0.949 bits per heavy atom. The summed E-state index contributed by atoms with van der Waals surface area (Å²) in [4.78, 5) is 0. The summed E-state index contributed by atoms with van der Waals surface area (Å²) >= 11 is 0. The van der Waals surface area contributed by atoms with Gasteiger partial charge in [0.05, 0.1) is 38.8 Å². The first-order valence-electron chi connectivity index (χ1n) is 20.3. The summed E-state index contributed by atoms with van der Waals surface area (Å²) < 4.78 is 14.2. The van der Waals surface area contributed by atoms with Gasteiger partial charge in [0.25, 0.3) is 6.71 Å². The highest BCUT2D eigenvalue weighted by atomic mass is 16.5. The van der Waals surface area contributed by atoms with Crippen LogP contribution in [-0.4, -0.2) is 20.4 Å². The fourth-order valence-corrected chi connectivity index (χ4v) is 10.2. The molecule has 0 atom stereocenters. The number of rotatable bonds is 4. The molecule has 274 valence electrons. The summed E-state index contributed by atoms with van der Waals surface area (Å²) in [5.41, 5.74) is 13.8. The van der Waals surface area contributed by atoms with Crippen LogP contribution in [0.15, 0.2) is 206 Å². The molecule has 1 aliphatic heterocycles. The number of para-hydroxylation sites is 8. The van der Waals surface area contributed by atoms with E-state index in [2.05, 4.69) is 220 Å². The van der Waals surface area contributed by atoms with Gasteiger partial charge in [-0.15, -0.1) is 0 Å². The quantitative estimate of drug-likeness (QED) is 0.164. The van der Waals surface area contributed by atoms with Crippen molar-refractivity contribution in [1.82, 2.24) is 13.7 Å². The van der Waals surface area contributed by atoms with Gasteiger partial charge in [0.15, 0.2) is 0 Å². The molecule has 0 radical (unpaired) electrons. The lowest BCUT2D eigenvalue weighted by Gasteiger charge is -2.31. The summed E-state index contributed by atoms with van der Waals surface area (Å²) in [5, 5.41) is 7.36. The number of nitrogens with zero attached hydrogens (tertiary/aromatic N) is 3. The zero-order chi connectivity index (χ0) is 38.6. The average Bonchev–Trinajstić information content (AvgIpc) is 3.94. The summed E-state index contributed by atoms with van der Waals surface area (Å²) in [7, 11) is 0. The maximum absolute atomic E-state index is 6.73. The molecule has 1 aliphatic rings. The van der Waals surface area contributed by atoms with Crippen LogP contribution < -0.4 is 21.1 Å². The van der Waals surface area contributed by atoms with E-state index in [0.29, 0.717) is 0 Å². The van der Waals surface area contributed by atoms with Crippen LogP contribution in [0.4, 0.5) is 0 Å². The van der Waals surface area contributed by atoms with Crippen molar-refractivity contribution in [3.05, 3.63) is 206 Å². The number of hydrogen-bond acceptors (Lipinski definition) is 1. The molecule has 0 bridgehead atoms. The zero-order valence-corrected chi connectivity index (χ0v) is 32.0. The molecule has 59 heavy (non-hydrogen) atoms. The van der Waals surface area contributed by atoms with Gasteiger partial charge < -0.3 is 18.4 Å². The topological polar surface area (TPSA) is 24.0 Å². The summed E-state index contributed by atoms with van der Waals surface area (Å²) in [6.45, 7) is -0.173. The van der Waals surface area contributed by atoms with Gasteiger partial charge >= 0.3 is 0 Å². The molecule has 0 spiro atoms. The fraction of sp³-hybridized carbons (Fsp3) is 0. The third-order valence-electron chi connectivity index (χ3n) is 12.6. The third kappa shape index (κ3) is 4.55. The van der Waals surface area contributed by atoms with Crippen molar-refractivity contribution in [3.63, 3.8) is 0 Å². The van der Waals surface area contributed by atoms with Crippen molar-refractivity contribution in [2.45, 2.75) is 0 Å². The third-order valence-corrected chi connectivity index (χ3v) is 12.6. The van der Waals surface area contributed by atoms with Gasteiger partial charge in [-0.2, -0.15) is 0 Å². The van der Waals surface area contributed by atoms with E-state index in [0.717, 1.165) is 61.6 Å². The molecule has 0 aliphatic carbocycles. The number of ether oxygens (including phenoxy) is 1. The van der Waals surface area contributed by atoms with Gasteiger partial charge in [-0.3, -0.25) is 0 Å². The fourth-order valence-electron chi connectivity index (χ4n) is 10.2. The van der Waals surface area contributed by atoms with Crippen LogP contribution >= 0.6 is 0 Å². The molecule has 9 aromatic carbocycles. The van der Waals surface area contributed by atoms with Crippen molar-refractivity contribution >= 4 is 88.5 Å². The average molecular weight is 752 g/mol. The van der Waals surface area contributed by atoms with Crippen LogP contribution in [0.1, 0.15) is 0 Å². The Balaban J connectivity index is 1.30. The summed E-state index contributed by atoms with van der Waals surface area (Å²) in [6.07, 6.45) is 0. The van der Waals surface area contributed by atoms with E-state index < -0.39 is 0 Å². The normalized spacial score (nSPS) is 12.5. The second-order valence-electron chi connectivity index (χ2n) is 15.6. The molecule has 0 fully saturated rings. The Bertz CT molecular complexity index is 3340. The van der Waals surface area contributed by atoms with E-state index >= 15 is 0 Å². The van der Waals surface area contributed by atoms with E-state index in [9.17, 15) is 0 Å². The monoisotopic (exact) mass is 751 g/mol. The highest BCUT2D eigenvalue weighted by Crippen LogP contribution is 2.39. The Morgan fingerprint density at radius 2 is 0.593 bits per heavy atom.